The molecule has 0 bridgehead atoms. The van der Waals surface area contributed by atoms with Gasteiger partial charge in [0.25, 0.3) is 5.91 Å². The third-order valence-corrected chi connectivity index (χ3v) is 6.37. The lowest BCUT2D eigenvalue weighted by molar-refractivity contribution is -0.896. The number of amides is 1. The van der Waals surface area contributed by atoms with Crippen LogP contribution in [0.4, 0.5) is 0 Å². The smallest absolute Gasteiger partial charge is 0.290 e. The molecule has 1 aromatic heterocycles. The number of para-hydroxylation sites is 1. The van der Waals surface area contributed by atoms with Crippen LogP contribution in [0.3, 0.4) is 0 Å². The first-order chi connectivity index (χ1) is 15.9. The fourth-order valence-corrected chi connectivity index (χ4v) is 4.65. The first kappa shape index (κ1) is 23.1. The van der Waals surface area contributed by atoms with E-state index in [2.05, 4.69) is 13.8 Å². The van der Waals surface area contributed by atoms with Crippen molar-refractivity contribution in [2.75, 3.05) is 26.2 Å². The molecule has 2 heterocycles. The molecule has 33 heavy (non-hydrogen) atoms. The van der Waals surface area contributed by atoms with Gasteiger partial charge in [0.15, 0.2) is 5.43 Å². The van der Waals surface area contributed by atoms with E-state index in [0.29, 0.717) is 23.1 Å². The van der Waals surface area contributed by atoms with Crippen molar-refractivity contribution in [3.05, 3.63) is 75.6 Å². The molecule has 2 aromatic carbocycles. The van der Waals surface area contributed by atoms with Gasteiger partial charge in [-0.2, -0.15) is 0 Å². The van der Waals surface area contributed by atoms with Crippen LogP contribution in [-0.2, 0) is 0 Å². The zero-order valence-corrected chi connectivity index (χ0v) is 19.9. The minimum atomic E-state index is -0.465. The SMILES string of the molecule is CC[NH+](CC)CCCN1C(=O)c2oc3ccccc3c(=O)c2[C@@H]1c1ccc(OC(C)C)cc1. The Bertz CT molecular complexity index is 1180. The minimum Gasteiger partial charge on any atom is -0.491 e. The number of benzene rings is 2. The van der Waals surface area contributed by atoms with Crippen molar-refractivity contribution in [2.24, 2.45) is 0 Å². The topological polar surface area (TPSA) is 64.2 Å². The van der Waals surface area contributed by atoms with Crippen LogP contribution in [0.15, 0.2) is 57.7 Å². The predicted molar refractivity (Wildman–Crippen MR) is 129 cm³/mol. The Labute approximate surface area is 194 Å². The number of carbonyl (C=O) groups is 1. The Balaban J connectivity index is 1.75. The first-order valence-corrected chi connectivity index (χ1v) is 11.9. The molecule has 1 atom stereocenters. The van der Waals surface area contributed by atoms with Gasteiger partial charge in [0.2, 0.25) is 5.76 Å². The number of fused-ring (bicyclic) bond motifs is 2. The molecule has 4 rings (SSSR count). The molecule has 0 unspecified atom stereocenters. The Kier molecular flexibility index (Phi) is 6.84. The highest BCUT2D eigenvalue weighted by molar-refractivity contribution is 5.99. The lowest BCUT2D eigenvalue weighted by atomic mass is 9.98. The Hall–Kier alpha value is -3.12. The number of quaternary nitrogens is 1. The summed E-state index contributed by atoms with van der Waals surface area (Å²) in [5.41, 5.74) is 1.63. The molecular formula is C27H33N2O4+. The third kappa shape index (κ3) is 4.53. The molecule has 3 aromatic rings. The van der Waals surface area contributed by atoms with Gasteiger partial charge in [-0.25, -0.2) is 0 Å². The second-order valence-electron chi connectivity index (χ2n) is 8.87. The summed E-state index contributed by atoms with van der Waals surface area (Å²) in [6.45, 7) is 12.0. The summed E-state index contributed by atoms with van der Waals surface area (Å²) < 4.78 is 11.8. The molecule has 1 aliphatic rings. The molecule has 0 spiro atoms. The zero-order valence-electron chi connectivity index (χ0n) is 19.9. The van der Waals surface area contributed by atoms with Gasteiger partial charge < -0.3 is 19.0 Å². The van der Waals surface area contributed by atoms with E-state index in [0.717, 1.165) is 37.4 Å². The van der Waals surface area contributed by atoms with Crippen molar-refractivity contribution in [1.82, 2.24) is 4.90 Å². The first-order valence-electron chi connectivity index (χ1n) is 11.9. The summed E-state index contributed by atoms with van der Waals surface area (Å²) in [7, 11) is 0. The van der Waals surface area contributed by atoms with Crippen LogP contribution in [0, 0.1) is 0 Å². The lowest BCUT2D eigenvalue weighted by Gasteiger charge is -2.26. The number of nitrogens with zero attached hydrogens (tertiary/aromatic N) is 1. The highest BCUT2D eigenvalue weighted by Gasteiger charge is 2.42. The number of hydrogen-bond acceptors (Lipinski definition) is 4. The van der Waals surface area contributed by atoms with Crippen LogP contribution in [0.2, 0.25) is 0 Å². The van der Waals surface area contributed by atoms with Crippen molar-refractivity contribution in [1.29, 1.82) is 0 Å². The Morgan fingerprint density at radius 1 is 1.03 bits per heavy atom. The van der Waals surface area contributed by atoms with Crippen LogP contribution < -0.4 is 15.1 Å². The maximum atomic E-state index is 13.5. The molecule has 6 nitrogen and oxygen atoms in total. The fourth-order valence-electron chi connectivity index (χ4n) is 4.65. The van der Waals surface area contributed by atoms with Gasteiger partial charge in [-0.15, -0.1) is 0 Å². The molecule has 6 heteroatoms. The van der Waals surface area contributed by atoms with E-state index in [1.54, 1.807) is 17.0 Å². The average molecular weight is 450 g/mol. The molecule has 1 N–H and O–H groups in total. The van der Waals surface area contributed by atoms with E-state index >= 15 is 0 Å². The summed E-state index contributed by atoms with van der Waals surface area (Å²) in [6.07, 6.45) is 0.928. The summed E-state index contributed by atoms with van der Waals surface area (Å²) in [5, 5.41) is 0.503. The van der Waals surface area contributed by atoms with Gasteiger partial charge in [0.05, 0.1) is 42.7 Å². The van der Waals surface area contributed by atoms with Crippen LogP contribution in [0.1, 0.15) is 61.8 Å². The standard InChI is InChI=1S/C27H32N2O4/c1-5-28(6-2)16-9-17-29-24(19-12-14-20(15-13-19)32-18(3)4)23-25(30)21-10-7-8-11-22(21)33-26(23)27(29)31/h7-8,10-15,18,24H,5-6,9,16-17H2,1-4H3/p+1/t24-/m0/s1. The molecule has 174 valence electrons. The number of nitrogens with one attached hydrogen (secondary N) is 1. The maximum absolute atomic E-state index is 13.5. The second-order valence-corrected chi connectivity index (χ2v) is 8.87. The normalized spacial score (nSPS) is 15.6. The van der Waals surface area contributed by atoms with Crippen molar-refractivity contribution in [2.45, 2.75) is 46.3 Å². The van der Waals surface area contributed by atoms with E-state index in [-0.39, 0.29) is 23.2 Å². The van der Waals surface area contributed by atoms with E-state index < -0.39 is 6.04 Å². The highest BCUT2D eigenvalue weighted by Crippen LogP contribution is 2.38. The predicted octanol–water partition coefficient (Wildman–Crippen LogP) is 3.44. The van der Waals surface area contributed by atoms with Gasteiger partial charge in [0, 0.05) is 13.0 Å². The van der Waals surface area contributed by atoms with Crippen molar-refractivity contribution < 1.29 is 18.8 Å². The van der Waals surface area contributed by atoms with Crippen LogP contribution >= 0.6 is 0 Å². The molecular weight excluding hydrogens is 416 g/mol. The van der Waals surface area contributed by atoms with Gasteiger partial charge in [-0.1, -0.05) is 24.3 Å². The molecule has 0 saturated heterocycles. The minimum absolute atomic E-state index is 0.0714. The zero-order chi connectivity index (χ0) is 23.5. The number of rotatable bonds is 9. The van der Waals surface area contributed by atoms with Crippen molar-refractivity contribution in [3.63, 3.8) is 0 Å². The van der Waals surface area contributed by atoms with Crippen LogP contribution in [0.5, 0.6) is 5.75 Å². The monoisotopic (exact) mass is 449 g/mol. The van der Waals surface area contributed by atoms with Crippen molar-refractivity contribution >= 4 is 16.9 Å². The summed E-state index contributed by atoms with van der Waals surface area (Å²) in [4.78, 5) is 30.3. The molecule has 0 radical (unpaired) electrons. The summed E-state index contributed by atoms with van der Waals surface area (Å²) in [5.74, 6) is 0.719. The van der Waals surface area contributed by atoms with Gasteiger partial charge in [-0.3, -0.25) is 9.59 Å². The lowest BCUT2D eigenvalue weighted by Crippen LogP contribution is -3.11. The molecule has 1 amide bonds. The van der Waals surface area contributed by atoms with E-state index in [4.69, 9.17) is 9.15 Å². The molecule has 0 saturated carbocycles. The largest absolute Gasteiger partial charge is 0.491 e. The number of carbonyl (C=O) groups excluding carboxylic acids is 1. The van der Waals surface area contributed by atoms with E-state index in [1.807, 2.05) is 50.2 Å². The summed E-state index contributed by atoms with van der Waals surface area (Å²) >= 11 is 0. The molecule has 0 fully saturated rings. The molecule has 1 aliphatic heterocycles. The Morgan fingerprint density at radius 3 is 2.39 bits per heavy atom. The maximum Gasteiger partial charge on any atom is 0.290 e. The summed E-state index contributed by atoms with van der Waals surface area (Å²) in [6, 6.07) is 14.4. The van der Waals surface area contributed by atoms with Crippen molar-refractivity contribution in [3.8, 4) is 5.75 Å². The molecule has 0 aliphatic carbocycles. The van der Waals surface area contributed by atoms with Gasteiger partial charge >= 0.3 is 0 Å². The van der Waals surface area contributed by atoms with Crippen LogP contribution in [-0.4, -0.2) is 43.1 Å². The van der Waals surface area contributed by atoms with Gasteiger partial charge in [-0.05, 0) is 57.5 Å². The van der Waals surface area contributed by atoms with E-state index in [1.165, 1.54) is 4.90 Å². The highest BCUT2D eigenvalue weighted by atomic mass is 16.5. The second kappa shape index (κ2) is 9.79. The Morgan fingerprint density at radius 2 is 1.73 bits per heavy atom. The van der Waals surface area contributed by atoms with E-state index in [9.17, 15) is 9.59 Å². The quantitative estimate of drug-likeness (QED) is 0.544. The number of ether oxygens (including phenoxy) is 1. The van der Waals surface area contributed by atoms with Gasteiger partial charge in [0.1, 0.15) is 11.3 Å². The fraction of sp³-hybridized carbons (Fsp3) is 0.407. The number of hydrogen-bond donors (Lipinski definition) is 1. The van der Waals surface area contributed by atoms with Crippen LogP contribution in [0.25, 0.3) is 11.0 Å². The average Bonchev–Trinajstić information content (AvgIpc) is 3.09. The third-order valence-electron chi connectivity index (χ3n) is 6.37.